The zero-order valence-electron chi connectivity index (χ0n) is 20.9. The van der Waals surface area contributed by atoms with E-state index in [4.69, 9.17) is 4.74 Å². The number of aryl methyl sites for hydroxylation is 1. The van der Waals surface area contributed by atoms with Gasteiger partial charge in [-0.1, -0.05) is 71.3 Å². The van der Waals surface area contributed by atoms with Crippen LogP contribution in [0.25, 0.3) is 11.3 Å². The number of unbranched alkanes of at least 4 members (excludes halogenated alkanes) is 6. The number of benzene rings is 1. The molecule has 1 aromatic heterocycles. The van der Waals surface area contributed by atoms with Crippen LogP contribution in [0, 0.1) is 11.8 Å². The third-order valence-electron chi connectivity index (χ3n) is 7.16. The lowest BCUT2D eigenvalue weighted by Crippen LogP contribution is -2.25. The van der Waals surface area contributed by atoms with Gasteiger partial charge in [-0.3, -0.25) is 9.78 Å². The summed E-state index contributed by atoms with van der Waals surface area (Å²) < 4.78 is 5.72. The zero-order chi connectivity index (χ0) is 23.3. The fourth-order valence-electron chi connectivity index (χ4n) is 4.94. The van der Waals surface area contributed by atoms with Gasteiger partial charge < -0.3 is 4.74 Å². The maximum absolute atomic E-state index is 12.7. The van der Waals surface area contributed by atoms with Crippen LogP contribution >= 0.6 is 0 Å². The zero-order valence-corrected chi connectivity index (χ0v) is 20.9. The molecule has 2 aromatic rings. The maximum atomic E-state index is 12.7. The largest absolute Gasteiger partial charge is 0.426 e. The normalized spacial score (nSPS) is 18.2. The van der Waals surface area contributed by atoms with E-state index in [1.807, 2.05) is 30.5 Å². The molecule has 1 fully saturated rings. The van der Waals surface area contributed by atoms with E-state index in [2.05, 4.69) is 31.0 Å². The molecule has 33 heavy (non-hydrogen) atoms. The molecule has 0 amide bonds. The van der Waals surface area contributed by atoms with Gasteiger partial charge in [0, 0.05) is 11.8 Å². The summed E-state index contributed by atoms with van der Waals surface area (Å²) in [5.74, 6) is 1.44. The highest BCUT2D eigenvalue weighted by atomic mass is 16.5. The van der Waals surface area contributed by atoms with Gasteiger partial charge in [-0.15, -0.1) is 0 Å². The summed E-state index contributed by atoms with van der Waals surface area (Å²) in [7, 11) is 0. The van der Waals surface area contributed by atoms with Gasteiger partial charge in [0.25, 0.3) is 0 Å². The molecule has 0 radical (unpaired) electrons. The predicted molar refractivity (Wildman–Crippen MR) is 137 cm³/mol. The van der Waals surface area contributed by atoms with Gasteiger partial charge in [-0.2, -0.15) is 0 Å². The fourth-order valence-corrected chi connectivity index (χ4v) is 4.94. The molecule has 3 heteroatoms. The van der Waals surface area contributed by atoms with Crippen molar-refractivity contribution in [1.82, 2.24) is 4.98 Å². The smallest absolute Gasteiger partial charge is 0.314 e. The summed E-state index contributed by atoms with van der Waals surface area (Å²) >= 11 is 0. The average molecular weight is 450 g/mol. The first-order chi connectivity index (χ1) is 16.2. The summed E-state index contributed by atoms with van der Waals surface area (Å²) in [6, 6.07) is 12.0. The van der Waals surface area contributed by atoms with E-state index >= 15 is 0 Å². The second-order valence-electron chi connectivity index (χ2n) is 9.87. The maximum Gasteiger partial charge on any atom is 0.314 e. The van der Waals surface area contributed by atoms with Crippen LogP contribution in [0.4, 0.5) is 0 Å². The Morgan fingerprint density at radius 3 is 2.21 bits per heavy atom. The molecule has 1 aromatic carbocycles. The third kappa shape index (κ3) is 8.61. The number of esters is 1. The predicted octanol–water partition coefficient (Wildman–Crippen LogP) is 8.55. The van der Waals surface area contributed by atoms with E-state index in [0.717, 1.165) is 36.4 Å². The van der Waals surface area contributed by atoms with Crippen molar-refractivity contribution in [2.45, 2.75) is 104 Å². The topological polar surface area (TPSA) is 39.2 Å². The minimum absolute atomic E-state index is 0.0568. The Morgan fingerprint density at radius 2 is 1.55 bits per heavy atom. The summed E-state index contributed by atoms with van der Waals surface area (Å²) in [6.45, 7) is 4.49. The Morgan fingerprint density at radius 1 is 0.848 bits per heavy atom. The minimum Gasteiger partial charge on any atom is -0.426 e. The molecule has 1 heterocycles. The number of pyridine rings is 1. The van der Waals surface area contributed by atoms with Gasteiger partial charge in [-0.05, 0) is 80.3 Å². The summed E-state index contributed by atoms with van der Waals surface area (Å²) in [6.07, 6.45) is 19.2. The summed E-state index contributed by atoms with van der Waals surface area (Å²) in [5, 5.41) is 0. The van der Waals surface area contributed by atoms with Crippen molar-refractivity contribution in [3.63, 3.8) is 0 Å². The molecule has 180 valence electrons. The van der Waals surface area contributed by atoms with E-state index in [1.54, 1.807) is 0 Å². The molecule has 0 aliphatic heterocycles. The van der Waals surface area contributed by atoms with E-state index in [9.17, 15) is 4.79 Å². The lowest BCUT2D eigenvalue weighted by atomic mass is 9.80. The molecule has 1 aliphatic rings. The first-order valence-corrected chi connectivity index (χ1v) is 13.5. The third-order valence-corrected chi connectivity index (χ3v) is 7.16. The monoisotopic (exact) mass is 449 g/mol. The van der Waals surface area contributed by atoms with E-state index in [-0.39, 0.29) is 11.9 Å². The van der Waals surface area contributed by atoms with Gasteiger partial charge in [0.2, 0.25) is 0 Å². The van der Waals surface area contributed by atoms with Gasteiger partial charge in [0.05, 0.1) is 11.6 Å². The molecule has 3 nitrogen and oxygen atoms in total. The first kappa shape index (κ1) is 25.5. The number of rotatable bonds is 13. The van der Waals surface area contributed by atoms with Crippen LogP contribution < -0.4 is 4.74 Å². The molecule has 0 unspecified atom stereocenters. The highest BCUT2D eigenvalue weighted by Gasteiger charge is 2.27. The van der Waals surface area contributed by atoms with Crippen molar-refractivity contribution in [2.24, 2.45) is 11.8 Å². The number of ether oxygens (including phenoxy) is 1. The van der Waals surface area contributed by atoms with Crippen molar-refractivity contribution in [3.8, 4) is 17.0 Å². The van der Waals surface area contributed by atoms with Crippen LogP contribution in [0.15, 0.2) is 42.6 Å². The quantitative estimate of drug-likeness (QED) is 0.175. The van der Waals surface area contributed by atoms with Crippen molar-refractivity contribution in [3.05, 3.63) is 48.2 Å². The minimum atomic E-state index is -0.0568. The molecule has 0 atom stereocenters. The average Bonchev–Trinajstić information content (AvgIpc) is 2.85. The molecule has 0 bridgehead atoms. The van der Waals surface area contributed by atoms with Crippen LogP contribution in [-0.2, 0) is 11.2 Å². The van der Waals surface area contributed by atoms with Gasteiger partial charge in [0.15, 0.2) is 0 Å². The second kappa shape index (κ2) is 14.2. The SMILES string of the molecule is CCCCCCC[C@H]1CC[C@H](C(=O)Oc2ccc(-c3ccc(CCCCC)cn3)cc2)CC1. The Hall–Kier alpha value is -2.16. The Kier molecular flexibility index (Phi) is 10.9. The Labute approximate surface area is 201 Å². The Balaban J connectivity index is 1.41. The highest BCUT2D eigenvalue weighted by Crippen LogP contribution is 2.33. The van der Waals surface area contributed by atoms with Crippen LogP contribution in [0.3, 0.4) is 0 Å². The second-order valence-corrected chi connectivity index (χ2v) is 9.87. The molecule has 1 saturated carbocycles. The van der Waals surface area contributed by atoms with Crippen molar-refractivity contribution >= 4 is 5.97 Å². The number of nitrogens with zero attached hydrogens (tertiary/aromatic N) is 1. The number of carbonyl (C=O) groups is 1. The fraction of sp³-hybridized carbons (Fsp3) is 0.600. The van der Waals surface area contributed by atoms with Crippen molar-refractivity contribution in [1.29, 1.82) is 0 Å². The molecule has 0 N–H and O–H groups in total. The van der Waals surface area contributed by atoms with Crippen LogP contribution in [0.2, 0.25) is 0 Å². The van der Waals surface area contributed by atoms with E-state index in [0.29, 0.717) is 5.75 Å². The van der Waals surface area contributed by atoms with Crippen LogP contribution in [0.1, 0.15) is 103 Å². The Bertz CT molecular complexity index is 804. The summed E-state index contributed by atoms with van der Waals surface area (Å²) in [4.78, 5) is 17.3. The number of hydrogen-bond donors (Lipinski definition) is 0. The molecule has 1 aliphatic carbocycles. The van der Waals surface area contributed by atoms with Crippen molar-refractivity contribution < 1.29 is 9.53 Å². The molecule has 0 saturated heterocycles. The van der Waals surface area contributed by atoms with Crippen LogP contribution in [-0.4, -0.2) is 11.0 Å². The van der Waals surface area contributed by atoms with Crippen LogP contribution in [0.5, 0.6) is 5.75 Å². The molecule has 3 rings (SSSR count). The lowest BCUT2D eigenvalue weighted by Gasteiger charge is -2.27. The molecular weight excluding hydrogens is 406 g/mol. The number of hydrogen-bond acceptors (Lipinski definition) is 3. The van der Waals surface area contributed by atoms with Gasteiger partial charge in [-0.25, -0.2) is 0 Å². The first-order valence-electron chi connectivity index (χ1n) is 13.5. The lowest BCUT2D eigenvalue weighted by molar-refractivity contribution is -0.140. The summed E-state index contributed by atoms with van der Waals surface area (Å²) in [5.41, 5.74) is 3.30. The van der Waals surface area contributed by atoms with E-state index in [1.165, 1.54) is 76.2 Å². The number of carbonyl (C=O) groups excluding carboxylic acids is 1. The van der Waals surface area contributed by atoms with Gasteiger partial charge >= 0.3 is 5.97 Å². The van der Waals surface area contributed by atoms with Crippen molar-refractivity contribution in [2.75, 3.05) is 0 Å². The number of aromatic nitrogens is 1. The molecular formula is C30H43NO2. The van der Waals surface area contributed by atoms with Gasteiger partial charge in [0.1, 0.15) is 5.75 Å². The molecule has 0 spiro atoms. The standard InChI is InChI=1S/C30H43NO2/c1-3-5-7-8-10-11-24-13-16-27(17-14-24)30(32)33-28-20-18-26(19-21-28)29-22-15-25(23-31-29)12-9-6-4-2/h15,18-24,27H,3-14,16-17H2,1-2H3/t24-,27-. The highest BCUT2D eigenvalue weighted by molar-refractivity contribution is 5.75. The van der Waals surface area contributed by atoms with E-state index < -0.39 is 0 Å².